The second-order valence-corrected chi connectivity index (χ2v) is 6.63. The number of rotatable bonds is 2. The first-order valence-electron chi connectivity index (χ1n) is 8.16. The first-order chi connectivity index (χ1) is 12.5. The minimum absolute atomic E-state index is 0.116. The quantitative estimate of drug-likeness (QED) is 0.716. The zero-order chi connectivity index (χ0) is 18.3. The monoisotopic (exact) mass is 365 g/mol. The normalized spacial score (nSPS) is 12.7. The first kappa shape index (κ1) is 16.5. The van der Waals surface area contributed by atoms with E-state index in [1.807, 2.05) is 32.0 Å². The molecular formula is C19H16ClN5O. The fourth-order valence-electron chi connectivity index (χ4n) is 2.96. The Kier molecular flexibility index (Phi) is 4.05. The van der Waals surface area contributed by atoms with Crippen LogP contribution in [0.25, 0.3) is 11.3 Å². The lowest BCUT2D eigenvalue weighted by Gasteiger charge is -2.12. The molecule has 0 radical (unpaired) electrons. The molecule has 3 aromatic rings. The topological polar surface area (TPSA) is 79.8 Å². The maximum Gasteiger partial charge on any atom is 0.228 e. The Hall–Kier alpha value is -2.99. The van der Waals surface area contributed by atoms with Gasteiger partial charge in [-0.25, -0.2) is 9.97 Å². The Morgan fingerprint density at radius 3 is 2.81 bits per heavy atom. The largest absolute Gasteiger partial charge is 0.325 e. The van der Waals surface area contributed by atoms with Crippen LogP contribution >= 0.6 is 11.6 Å². The molecule has 1 amide bonds. The summed E-state index contributed by atoms with van der Waals surface area (Å²) < 4.78 is 0. The van der Waals surface area contributed by atoms with Crippen molar-refractivity contribution in [2.24, 2.45) is 0 Å². The van der Waals surface area contributed by atoms with Gasteiger partial charge in [-0.1, -0.05) is 11.6 Å². The highest BCUT2D eigenvalue weighted by Gasteiger charge is 2.21. The van der Waals surface area contributed by atoms with E-state index < -0.39 is 0 Å². The van der Waals surface area contributed by atoms with E-state index in [1.165, 1.54) is 0 Å². The van der Waals surface area contributed by atoms with Gasteiger partial charge in [-0.2, -0.15) is 0 Å². The van der Waals surface area contributed by atoms with Crippen molar-refractivity contribution in [3.05, 3.63) is 58.5 Å². The molecular weight excluding hydrogens is 350 g/mol. The van der Waals surface area contributed by atoms with Crippen LogP contribution in [0.15, 0.2) is 36.5 Å². The fraction of sp³-hybridized carbons (Fsp3) is 0.158. The maximum absolute atomic E-state index is 12.1. The van der Waals surface area contributed by atoms with Crippen molar-refractivity contribution in [3.8, 4) is 11.3 Å². The molecule has 1 aliphatic heterocycles. The highest BCUT2D eigenvalue weighted by atomic mass is 35.5. The van der Waals surface area contributed by atoms with Crippen molar-refractivity contribution in [2.75, 3.05) is 10.6 Å². The summed E-state index contributed by atoms with van der Waals surface area (Å²) in [4.78, 5) is 25.6. The number of aryl methyl sites for hydroxylation is 2. The zero-order valence-corrected chi connectivity index (χ0v) is 15.1. The molecule has 0 spiro atoms. The zero-order valence-electron chi connectivity index (χ0n) is 14.3. The fourth-order valence-corrected chi connectivity index (χ4v) is 3.13. The molecule has 3 heterocycles. The number of aromatic nitrogens is 3. The molecule has 6 nitrogen and oxygen atoms in total. The highest BCUT2D eigenvalue weighted by Crippen LogP contribution is 2.34. The molecule has 0 atom stereocenters. The van der Waals surface area contributed by atoms with Crippen LogP contribution in [0.3, 0.4) is 0 Å². The summed E-state index contributed by atoms with van der Waals surface area (Å²) >= 11 is 6.07. The Labute approximate surface area is 155 Å². The Balaban J connectivity index is 1.78. The molecule has 0 saturated carbocycles. The summed E-state index contributed by atoms with van der Waals surface area (Å²) in [5.74, 6) is 0.336. The van der Waals surface area contributed by atoms with E-state index in [4.69, 9.17) is 11.6 Å². The highest BCUT2D eigenvalue weighted by molar-refractivity contribution is 6.31. The maximum atomic E-state index is 12.1. The van der Waals surface area contributed by atoms with Gasteiger partial charge in [-0.05, 0) is 44.2 Å². The van der Waals surface area contributed by atoms with Crippen LogP contribution in [0.1, 0.15) is 17.0 Å². The molecule has 0 unspecified atom stereocenters. The molecule has 0 fully saturated rings. The molecule has 0 saturated heterocycles. The van der Waals surface area contributed by atoms with E-state index in [1.54, 1.807) is 18.3 Å². The molecule has 130 valence electrons. The van der Waals surface area contributed by atoms with Crippen LogP contribution in [0.2, 0.25) is 5.02 Å². The number of halogens is 1. The van der Waals surface area contributed by atoms with Gasteiger partial charge in [0, 0.05) is 28.0 Å². The molecule has 26 heavy (non-hydrogen) atoms. The SMILES string of the molecule is Cc1ccc(Nc2ncc3c(n2)-c2ccc(Cl)cc2NC(=O)C3)c(C)n1. The van der Waals surface area contributed by atoms with Crippen molar-refractivity contribution in [1.29, 1.82) is 0 Å². The van der Waals surface area contributed by atoms with Gasteiger partial charge in [0.05, 0.1) is 29.2 Å². The van der Waals surface area contributed by atoms with E-state index in [2.05, 4.69) is 25.6 Å². The number of pyridine rings is 1. The van der Waals surface area contributed by atoms with Gasteiger partial charge in [0.1, 0.15) is 0 Å². The number of carbonyl (C=O) groups excluding carboxylic acids is 1. The third-order valence-corrected chi connectivity index (χ3v) is 4.43. The van der Waals surface area contributed by atoms with Gasteiger partial charge < -0.3 is 10.6 Å². The van der Waals surface area contributed by atoms with Gasteiger partial charge in [-0.3, -0.25) is 9.78 Å². The van der Waals surface area contributed by atoms with Gasteiger partial charge in [0.25, 0.3) is 0 Å². The first-order valence-corrected chi connectivity index (χ1v) is 8.54. The molecule has 0 bridgehead atoms. The van der Waals surface area contributed by atoms with Gasteiger partial charge in [-0.15, -0.1) is 0 Å². The number of carbonyl (C=O) groups is 1. The number of fused-ring (bicyclic) bond motifs is 3. The average Bonchev–Trinajstić information content (AvgIpc) is 2.72. The number of hydrogen-bond donors (Lipinski definition) is 2. The third kappa shape index (κ3) is 3.11. The van der Waals surface area contributed by atoms with E-state index in [9.17, 15) is 4.79 Å². The predicted octanol–water partition coefficient (Wildman–Crippen LogP) is 4.05. The van der Waals surface area contributed by atoms with E-state index in [0.717, 1.165) is 28.2 Å². The van der Waals surface area contributed by atoms with Crippen LogP contribution in [-0.2, 0) is 11.2 Å². The lowest BCUT2D eigenvalue weighted by atomic mass is 10.1. The van der Waals surface area contributed by atoms with Gasteiger partial charge in [0.15, 0.2) is 0 Å². The summed E-state index contributed by atoms with van der Waals surface area (Å²) in [7, 11) is 0. The van der Waals surface area contributed by atoms with Crippen LogP contribution in [0.4, 0.5) is 17.3 Å². The molecule has 7 heteroatoms. The van der Waals surface area contributed by atoms with Crippen LogP contribution in [0.5, 0.6) is 0 Å². The Bertz CT molecular complexity index is 1030. The molecule has 4 rings (SSSR count). The minimum atomic E-state index is -0.116. The minimum Gasteiger partial charge on any atom is -0.325 e. The van der Waals surface area contributed by atoms with Gasteiger partial charge >= 0.3 is 0 Å². The summed E-state index contributed by atoms with van der Waals surface area (Å²) in [6, 6.07) is 9.25. The van der Waals surface area contributed by atoms with Crippen molar-refractivity contribution in [3.63, 3.8) is 0 Å². The van der Waals surface area contributed by atoms with E-state index in [-0.39, 0.29) is 12.3 Å². The van der Waals surface area contributed by atoms with Crippen molar-refractivity contribution in [1.82, 2.24) is 15.0 Å². The number of nitrogens with one attached hydrogen (secondary N) is 2. The number of hydrogen-bond acceptors (Lipinski definition) is 5. The summed E-state index contributed by atoms with van der Waals surface area (Å²) in [6.07, 6.45) is 1.90. The smallest absolute Gasteiger partial charge is 0.228 e. The Morgan fingerprint density at radius 1 is 1.15 bits per heavy atom. The Morgan fingerprint density at radius 2 is 2.00 bits per heavy atom. The number of amides is 1. The number of benzene rings is 1. The average molecular weight is 366 g/mol. The summed E-state index contributed by atoms with van der Waals surface area (Å²) in [6.45, 7) is 3.88. The number of nitrogens with zero attached hydrogens (tertiary/aromatic N) is 3. The van der Waals surface area contributed by atoms with Gasteiger partial charge in [0.2, 0.25) is 11.9 Å². The molecule has 2 aromatic heterocycles. The third-order valence-electron chi connectivity index (χ3n) is 4.20. The van der Waals surface area contributed by atoms with E-state index >= 15 is 0 Å². The lowest BCUT2D eigenvalue weighted by molar-refractivity contribution is -0.115. The van der Waals surface area contributed by atoms with Crippen molar-refractivity contribution in [2.45, 2.75) is 20.3 Å². The number of anilines is 3. The molecule has 1 aliphatic rings. The second-order valence-electron chi connectivity index (χ2n) is 6.19. The second kappa shape index (κ2) is 6.38. The van der Waals surface area contributed by atoms with Crippen LogP contribution in [0, 0.1) is 13.8 Å². The molecule has 2 N–H and O–H groups in total. The standard InChI is InChI=1S/C19H16ClN5O/c1-10-3-6-15(11(2)22-10)24-19-21-9-12-7-17(26)23-16-8-13(20)4-5-14(16)18(12)25-19/h3-6,8-9H,7H2,1-2H3,(H,23,26)(H,21,24,25). The lowest BCUT2D eigenvalue weighted by Crippen LogP contribution is -2.12. The molecule has 0 aliphatic carbocycles. The van der Waals surface area contributed by atoms with Crippen molar-refractivity contribution >= 4 is 34.8 Å². The summed E-state index contributed by atoms with van der Waals surface area (Å²) in [5, 5.41) is 6.64. The predicted molar refractivity (Wildman–Crippen MR) is 102 cm³/mol. The van der Waals surface area contributed by atoms with Crippen LogP contribution in [-0.4, -0.2) is 20.9 Å². The summed E-state index contributed by atoms with van der Waals surface area (Å²) in [5.41, 5.74) is 5.62. The van der Waals surface area contributed by atoms with Crippen LogP contribution < -0.4 is 10.6 Å². The van der Waals surface area contributed by atoms with Crippen molar-refractivity contribution < 1.29 is 4.79 Å². The van der Waals surface area contributed by atoms with E-state index in [0.29, 0.717) is 22.4 Å². The molecule has 1 aromatic carbocycles.